The summed E-state index contributed by atoms with van der Waals surface area (Å²) in [6.45, 7) is 2.18. The van der Waals surface area contributed by atoms with Crippen LogP contribution in [0.1, 0.15) is 21.6 Å². The van der Waals surface area contributed by atoms with Crippen molar-refractivity contribution in [3.05, 3.63) is 67.3 Å². The first-order chi connectivity index (χ1) is 12.4. The van der Waals surface area contributed by atoms with E-state index in [1.807, 2.05) is 30.7 Å². The maximum Gasteiger partial charge on any atom is 0.224 e. The van der Waals surface area contributed by atoms with Crippen molar-refractivity contribution in [2.75, 3.05) is 0 Å². The molecule has 0 aliphatic carbocycles. The van der Waals surface area contributed by atoms with Gasteiger partial charge in [-0.15, -0.1) is 11.3 Å². The highest BCUT2D eigenvalue weighted by atomic mass is 35.5. The average molecular weight is 391 g/mol. The van der Waals surface area contributed by atoms with Gasteiger partial charge in [-0.1, -0.05) is 23.7 Å². The highest BCUT2D eigenvalue weighted by Crippen LogP contribution is 2.28. The van der Waals surface area contributed by atoms with Gasteiger partial charge in [-0.25, -0.2) is 0 Å². The van der Waals surface area contributed by atoms with Crippen LogP contribution >= 0.6 is 22.9 Å². The Hall–Kier alpha value is -2.15. The van der Waals surface area contributed by atoms with E-state index >= 15 is 0 Å². The number of aliphatic hydroxyl groups excluding tert-OH is 1. The molecule has 136 valence electrons. The van der Waals surface area contributed by atoms with Crippen LogP contribution in [0.4, 0.5) is 0 Å². The van der Waals surface area contributed by atoms with E-state index in [1.54, 1.807) is 18.3 Å². The SMILES string of the molecule is Cc1c(CO)sc2c(=O)c(CC(=O)NCc3ccc(Cl)cc3)cn(C)c12. The third-order valence-corrected chi connectivity index (χ3v) is 5.83. The number of carbonyl (C=O) groups is 1. The fourth-order valence-corrected chi connectivity index (χ4v) is 4.25. The molecule has 0 bridgehead atoms. The summed E-state index contributed by atoms with van der Waals surface area (Å²) in [7, 11) is 1.85. The van der Waals surface area contributed by atoms with Gasteiger partial charge in [-0.2, -0.15) is 0 Å². The fraction of sp³-hybridized carbons (Fsp3) is 0.263. The Morgan fingerprint density at radius 1 is 1.31 bits per heavy atom. The summed E-state index contributed by atoms with van der Waals surface area (Å²) in [5, 5.41) is 12.9. The predicted octanol–water partition coefficient (Wildman–Crippen LogP) is 2.91. The second-order valence-electron chi connectivity index (χ2n) is 6.16. The van der Waals surface area contributed by atoms with Crippen molar-refractivity contribution in [1.29, 1.82) is 0 Å². The van der Waals surface area contributed by atoms with Gasteiger partial charge in [0.1, 0.15) is 0 Å². The van der Waals surface area contributed by atoms with Crippen LogP contribution < -0.4 is 10.7 Å². The van der Waals surface area contributed by atoms with Gasteiger partial charge in [0.15, 0.2) is 0 Å². The lowest BCUT2D eigenvalue weighted by atomic mass is 10.1. The first-order valence-corrected chi connectivity index (χ1v) is 9.32. The molecule has 0 unspecified atom stereocenters. The van der Waals surface area contributed by atoms with E-state index in [-0.39, 0.29) is 24.4 Å². The number of thiophene rings is 1. The number of aromatic nitrogens is 1. The molecular formula is C19H19ClN2O3S. The molecule has 2 heterocycles. The largest absolute Gasteiger partial charge is 0.391 e. The molecule has 7 heteroatoms. The van der Waals surface area contributed by atoms with Crippen LogP contribution in [0.3, 0.4) is 0 Å². The van der Waals surface area contributed by atoms with E-state index in [9.17, 15) is 14.7 Å². The summed E-state index contributed by atoms with van der Waals surface area (Å²) >= 11 is 7.14. The van der Waals surface area contributed by atoms with E-state index in [0.717, 1.165) is 21.5 Å². The zero-order valence-corrected chi connectivity index (χ0v) is 16.1. The Morgan fingerprint density at radius 3 is 2.65 bits per heavy atom. The number of carbonyl (C=O) groups excluding carboxylic acids is 1. The zero-order chi connectivity index (χ0) is 18.8. The molecule has 0 aliphatic heterocycles. The van der Waals surface area contributed by atoms with Gasteiger partial charge >= 0.3 is 0 Å². The standard InChI is InChI=1S/C19H19ClN2O3S/c1-11-15(10-23)26-19-17(11)22(2)9-13(18(19)25)7-16(24)21-8-12-3-5-14(20)6-4-12/h3-6,9,23H,7-8,10H2,1-2H3,(H,21,24). The van der Waals surface area contributed by atoms with E-state index in [0.29, 0.717) is 21.8 Å². The quantitative estimate of drug-likeness (QED) is 0.703. The Kier molecular flexibility index (Phi) is 5.46. The number of aliphatic hydroxyl groups is 1. The van der Waals surface area contributed by atoms with Crippen molar-refractivity contribution in [1.82, 2.24) is 9.88 Å². The van der Waals surface area contributed by atoms with Crippen LogP contribution in [-0.4, -0.2) is 15.6 Å². The monoisotopic (exact) mass is 390 g/mol. The molecule has 3 rings (SSSR count). The Labute approximate surface area is 159 Å². The maximum absolute atomic E-state index is 12.7. The molecule has 2 aromatic heterocycles. The molecule has 0 saturated carbocycles. The molecular weight excluding hydrogens is 372 g/mol. The topological polar surface area (TPSA) is 71.3 Å². The number of fused-ring (bicyclic) bond motifs is 1. The summed E-state index contributed by atoms with van der Waals surface area (Å²) in [6.07, 6.45) is 1.72. The minimum atomic E-state index is -0.216. The molecule has 0 saturated heterocycles. The number of rotatable bonds is 5. The van der Waals surface area contributed by atoms with Crippen molar-refractivity contribution in [3.8, 4) is 0 Å². The van der Waals surface area contributed by atoms with Crippen LogP contribution in [0.15, 0.2) is 35.3 Å². The van der Waals surface area contributed by atoms with E-state index in [4.69, 9.17) is 11.6 Å². The molecule has 0 spiro atoms. The van der Waals surface area contributed by atoms with Gasteiger partial charge in [-0.05, 0) is 30.2 Å². The molecule has 0 fully saturated rings. The minimum Gasteiger partial charge on any atom is -0.391 e. The summed E-state index contributed by atoms with van der Waals surface area (Å²) < 4.78 is 2.43. The smallest absolute Gasteiger partial charge is 0.224 e. The molecule has 1 aromatic carbocycles. The highest BCUT2D eigenvalue weighted by Gasteiger charge is 2.17. The minimum absolute atomic E-state index is 0.0155. The summed E-state index contributed by atoms with van der Waals surface area (Å²) in [5.41, 5.74) is 2.96. The summed E-state index contributed by atoms with van der Waals surface area (Å²) in [5.74, 6) is -0.216. The normalized spacial score (nSPS) is 11.1. The number of hydrogen-bond acceptors (Lipinski definition) is 4. The van der Waals surface area contributed by atoms with Gasteiger partial charge in [0.2, 0.25) is 11.3 Å². The number of aryl methyl sites for hydroxylation is 2. The molecule has 0 aliphatic rings. The number of hydrogen-bond donors (Lipinski definition) is 2. The predicted molar refractivity (Wildman–Crippen MR) is 105 cm³/mol. The highest BCUT2D eigenvalue weighted by molar-refractivity contribution is 7.19. The van der Waals surface area contributed by atoms with Crippen LogP contribution in [0, 0.1) is 6.92 Å². The lowest BCUT2D eigenvalue weighted by Gasteiger charge is -2.08. The van der Waals surface area contributed by atoms with Crippen molar-refractivity contribution >= 4 is 39.1 Å². The molecule has 2 N–H and O–H groups in total. The summed E-state index contributed by atoms with van der Waals surface area (Å²) in [4.78, 5) is 25.8. The van der Waals surface area contributed by atoms with Crippen LogP contribution in [0.25, 0.3) is 10.2 Å². The third-order valence-electron chi connectivity index (χ3n) is 4.31. The van der Waals surface area contributed by atoms with Crippen LogP contribution in [0.2, 0.25) is 5.02 Å². The van der Waals surface area contributed by atoms with Crippen molar-refractivity contribution in [2.45, 2.75) is 26.5 Å². The zero-order valence-electron chi connectivity index (χ0n) is 14.5. The first-order valence-electron chi connectivity index (χ1n) is 8.13. The average Bonchev–Trinajstić information content (AvgIpc) is 2.96. The van der Waals surface area contributed by atoms with Gasteiger partial charge in [0, 0.05) is 35.3 Å². The summed E-state index contributed by atoms with van der Waals surface area (Å²) in [6, 6.07) is 7.23. The fourth-order valence-electron chi connectivity index (χ4n) is 2.95. The van der Waals surface area contributed by atoms with E-state index in [2.05, 4.69) is 5.32 Å². The van der Waals surface area contributed by atoms with E-state index in [1.165, 1.54) is 11.3 Å². The Balaban J connectivity index is 1.80. The molecule has 0 radical (unpaired) electrons. The van der Waals surface area contributed by atoms with Gasteiger partial charge in [0.05, 0.1) is 23.2 Å². The number of pyridine rings is 1. The lowest BCUT2D eigenvalue weighted by molar-refractivity contribution is -0.120. The molecule has 5 nitrogen and oxygen atoms in total. The van der Waals surface area contributed by atoms with Crippen LogP contribution in [-0.2, 0) is 31.4 Å². The number of nitrogens with one attached hydrogen (secondary N) is 1. The number of nitrogens with zero attached hydrogens (tertiary/aromatic N) is 1. The molecule has 1 amide bonds. The van der Waals surface area contributed by atoms with E-state index < -0.39 is 0 Å². The van der Waals surface area contributed by atoms with Crippen molar-refractivity contribution in [3.63, 3.8) is 0 Å². The van der Waals surface area contributed by atoms with Gasteiger partial charge in [0.25, 0.3) is 0 Å². The number of benzene rings is 1. The van der Waals surface area contributed by atoms with Crippen LogP contribution in [0.5, 0.6) is 0 Å². The first kappa shape index (κ1) is 18.6. The second-order valence-corrected chi connectivity index (χ2v) is 7.70. The van der Waals surface area contributed by atoms with Gasteiger partial charge < -0.3 is 15.0 Å². The molecule has 0 atom stereocenters. The Morgan fingerprint density at radius 2 is 2.00 bits per heavy atom. The third kappa shape index (κ3) is 3.67. The van der Waals surface area contributed by atoms with Crippen molar-refractivity contribution in [2.24, 2.45) is 7.05 Å². The van der Waals surface area contributed by atoms with Crippen molar-refractivity contribution < 1.29 is 9.90 Å². The number of amides is 1. The molecule has 26 heavy (non-hydrogen) atoms. The maximum atomic E-state index is 12.7. The Bertz CT molecular complexity index is 1020. The molecule has 3 aromatic rings. The second kappa shape index (κ2) is 7.61. The van der Waals surface area contributed by atoms with Gasteiger partial charge in [-0.3, -0.25) is 9.59 Å². The lowest BCUT2D eigenvalue weighted by Crippen LogP contribution is -2.27. The number of halogens is 1.